The molecule has 1 aliphatic heterocycles. The van der Waals surface area contributed by atoms with Crippen molar-refractivity contribution < 1.29 is 18.7 Å². The van der Waals surface area contributed by atoms with E-state index in [1.807, 2.05) is 0 Å². The summed E-state index contributed by atoms with van der Waals surface area (Å²) in [4.78, 5) is 25.7. The van der Waals surface area contributed by atoms with E-state index in [0.717, 1.165) is 0 Å². The molecule has 1 fully saturated rings. The van der Waals surface area contributed by atoms with E-state index in [-0.39, 0.29) is 18.4 Å². The quantitative estimate of drug-likeness (QED) is 0.897. The molecule has 0 unspecified atom stereocenters. The molecule has 0 radical (unpaired) electrons. The normalized spacial score (nSPS) is 16.6. The Morgan fingerprint density at radius 2 is 2.00 bits per heavy atom. The van der Waals surface area contributed by atoms with Crippen LogP contribution >= 0.6 is 0 Å². The molecule has 7 heteroatoms. The lowest BCUT2D eigenvalue weighted by molar-refractivity contribution is -0.117. The van der Waals surface area contributed by atoms with Crippen LogP contribution < -0.4 is 20.3 Å². The van der Waals surface area contributed by atoms with Crippen LogP contribution in [0.25, 0.3) is 0 Å². The van der Waals surface area contributed by atoms with E-state index in [1.165, 1.54) is 17.0 Å². The van der Waals surface area contributed by atoms with Crippen molar-refractivity contribution in [3.05, 3.63) is 54.3 Å². The zero-order chi connectivity index (χ0) is 17.8. The fourth-order valence-electron chi connectivity index (χ4n) is 2.72. The molecule has 0 bridgehead atoms. The van der Waals surface area contributed by atoms with Crippen LogP contribution in [0, 0.1) is 5.82 Å². The maximum atomic E-state index is 13.3. The Balaban J connectivity index is 1.58. The van der Waals surface area contributed by atoms with Gasteiger partial charge in [0.25, 0.3) is 0 Å². The number of amides is 3. The molecule has 6 nitrogen and oxygen atoms in total. The van der Waals surface area contributed by atoms with Crippen molar-refractivity contribution in [2.24, 2.45) is 0 Å². The minimum Gasteiger partial charge on any atom is -0.497 e. The van der Waals surface area contributed by atoms with E-state index in [2.05, 4.69) is 10.6 Å². The number of nitrogens with zero attached hydrogens (tertiary/aromatic N) is 1. The Labute approximate surface area is 144 Å². The number of anilines is 2. The Morgan fingerprint density at radius 1 is 1.24 bits per heavy atom. The Kier molecular flexibility index (Phi) is 4.83. The summed E-state index contributed by atoms with van der Waals surface area (Å²) < 4.78 is 18.4. The molecule has 1 atom stereocenters. The van der Waals surface area contributed by atoms with Crippen molar-refractivity contribution >= 4 is 23.3 Å². The monoisotopic (exact) mass is 343 g/mol. The van der Waals surface area contributed by atoms with Crippen molar-refractivity contribution in [3.63, 3.8) is 0 Å². The summed E-state index contributed by atoms with van der Waals surface area (Å²) in [5.74, 6) is 0.136. The SMILES string of the molecule is COc1ccc(NC(=O)N[C@@H]2CC(=O)N(c3cccc(F)c3)C2)cc1. The lowest BCUT2D eigenvalue weighted by atomic mass is 10.2. The van der Waals surface area contributed by atoms with Gasteiger partial charge in [0.15, 0.2) is 0 Å². The summed E-state index contributed by atoms with van der Waals surface area (Å²) in [6, 6.07) is 12.0. The van der Waals surface area contributed by atoms with Gasteiger partial charge in [0, 0.05) is 24.3 Å². The number of benzene rings is 2. The fraction of sp³-hybridized carbons (Fsp3) is 0.222. The van der Waals surface area contributed by atoms with Crippen LogP contribution in [-0.2, 0) is 4.79 Å². The molecule has 3 rings (SSSR count). The number of rotatable bonds is 4. The summed E-state index contributed by atoms with van der Waals surface area (Å²) in [7, 11) is 1.57. The molecule has 25 heavy (non-hydrogen) atoms. The van der Waals surface area contributed by atoms with Gasteiger partial charge in [-0.3, -0.25) is 4.79 Å². The van der Waals surface area contributed by atoms with E-state index in [9.17, 15) is 14.0 Å². The largest absolute Gasteiger partial charge is 0.497 e. The number of carbonyl (C=O) groups excluding carboxylic acids is 2. The summed E-state index contributed by atoms with van der Waals surface area (Å²) in [5.41, 5.74) is 1.11. The number of nitrogens with one attached hydrogen (secondary N) is 2. The predicted octanol–water partition coefficient (Wildman–Crippen LogP) is 2.76. The van der Waals surface area contributed by atoms with Crippen molar-refractivity contribution in [3.8, 4) is 5.75 Å². The third-order valence-corrected chi connectivity index (χ3v) is 3.93. The third kappa shape index (κ3) is 4.06. The van der Waals surface area contributed by atoms with Crippen LogP contribution in [0.3, 0.4) is 0 Å². The van der Waals surface area contributed by atoms with E-state index in [0.29, 0.717) is 23.7 Å². The molecule has 2 aromatic carbocycles. The molecule has 1 aliphatic rings. The summed E-state index contributed by atoms with van der Waals surface area (Å²) in [5, 5.41) is 5.47. The maximum absolute atomic E-state index is 13.3. The fourth-order valence-corrected chi connectivity index (χ4v) is 2.72. The van der Waals surface area contributed by atoms with Gasteiger partial charge in [-0.05, 0) is 42.5 Å². The Hall–Kier alpha value is -3.09. The lowest BCUT2D eigenvalue weighted by Gasteiger charge is -2.17. The van der Waals surface area contributed by atoms with Gasteiger partial charge in [-0.15, -0.1) is 0 Å². The van der Waals surface area contributed by atoms with Crippen LogP contribution in [0.15, 0.2) is 48.5 Å². The highest BCUT2D eigenvalue weighted by molar-refractivity contribution is 5.97. The lowest BCUT2D eigenvalue weighted by Crippen LogP contribution is -2.39. The zero-order valence-corrected chi connectivity index (χ0v) is 13.7. The minimum absolute atomic E-state index is 0.152. The van der Waals surface area contributed by atoms with E-state index in [1.54, 1.807) is 43.5 Å². The molecule has 0 saturated carbocycles. The van der Waals surface area contributed by atoms with E-state index < -0.39 is 11.8 Å². The van der Waals surface area contributed by atoms with E-state index in [4.69, 9.17) is 4.74 Å². The third-order valence-electron chi connectivity index (χ3n) is 3.93. The molecule has 1 saturated heterocycles. The molecule has 3 amide bonds. The number of halogens is 1. The highest BCUT2D eigenvalue weighted by Gasteiger charge is 2.31. The van der Waals surface area contributed by atoms with Crippen LogP contribution in [0.5, 0.6) is 5.75 Å². The van der Waals surface area contributed by atoms with Gasteiger partial charge in [0.2, 0.25) is 5.91 Å². The maximum Gasteiger partial charge on any atom is 0.319 e. The van der Waals surface area contributed by atoms with Crippen molar-refractivity contribution in [2.75, 3.05) is 23.9 Å². The van der Waals surface area contributed by atoms with Crippen LogP contribution in [-0.4, -0.2) is 31.6 Å². The first-order valence-electron chi connectivity index (χ1n) is 7.82. The molecule has 130 valence electrons. The molecule has 2 N–H and O–H groups in total. The standard InChI is InChI=1S/C18H18FN3O3/c1-25-16-7-5-13(6-8-16)20-18(24)21-14-10-17(23)22(11-14)15-4-2-3-12(19)9-15/h2-9,14H,10-11H2,1H3,(H2,20,21,24)/t14-/m1/s1. The average molecular weight is 343 g/mol. The zero-order valence-electron chi connectivity index (χ0n) is 13.7. The first-order valence-corrected chi connectivity index (χ1v) is 7.82. The number of ether oxygens (including phenoxy) is 1. The number of methoxy groups -OCH3 is 1. The predicted molar refractivity (Wildman–Crippen MR) is 92.3 cm³/mol. The van der Waals surface area contributed by atoms with Crippen molar-refractivity contribution in [2.45, 2.75) is 12.5 Å². The van der Waals surface area contributed by atoms with Crippen molar-refractivity contribution in [1.29, 1.82) is 0 Å². The van der Waals surface area contributed by atoms with Gasteiger partial charge in [-0.25, -0.2) is 9.18 Å². The van der Waals surface area contributed by atoms with Crippen LogP contribution in [0.1, 0.15) is 6.42 Å². The van der Waals surface area contributed by atoms with Gasteiger partial charge in [-0.1, -0.05) is 6.07 Å². The Bertz CT molecular complexity index is 779. The highest BCUT2D eigenvalue weighted by Crippen LogP contribution is 2.22. The first kappa shape index (κ1) is 16.8. The van der Waals surface area contributed by atoms with Gasteiger partial charge in [-0.2, -0.15) is 0 Å². The molecule has 0 aromatic heterocycles. The van der Waals surface area contributed by atoms with Gasteiger partial charge in [0.05, 0.1) is 13.2 Å². The van der Waals surface area contributed by atoms with Crippen LogP contribution in [0.4, 0.5) is 20.6 Å². The number of hydrogen-bond acceptors (Lipinski definition) is 3. The second-order valence-electron chi connectivity index (χ2n) is 5.71. The molecule has 2 aromatic rings. The topological polar surface area (TPSA) is 70.7 Å². The van der Waals surface area contributed by atoms with Gasteiger partial charge >= 0.3 is 6.03 Å². The van der Waals surface area contributed by atoms with Crippen molar-refractivity contribution in [1.82, 2.24) is 5.32 Å². The molecule has 1 heterocycles. The van der Waals surface area contributed by atoms with Gasteiger partial charge < -0.3 is 20.3 Å². The second kappa shape index (κ2) is 7.21. The number of carbonyl (C=O) groups is 2. The smallest absolute Gasteiger partial charge is 0.319 e. The summed E-state index contributed by atoms with van der Waals surface area (Å²) >= 11 is 0. The molecule has 0 aliphatic carbocycles. The Morgan fingerprint density at radius 3 is 2.68 bits per heavy atom. The average Bonchev–Trinajstić information content (AvgIpc) is 2.95. The number of urea groups is 1. The highest BCUT2D eigenvalue weighted by atomic mass is 19.1. The molecular weight excluding hydrogens is 325 g/mol. The van der Waals surface area contributed by atoms with Gasteiger partial charge in [0.1, 0.15) is 11.6 Å². The second-order valence-corrected chi connectivity index (χ2v) is 5.71. The minimum atomic E-state index is -0.404. The molecule has 0 spiro atoms. The summed E-state index contributed by atoms with van der Waals surface area (Å²) in [6.07, 6.45) is 0.173. The first-order chi connectivity index (χ1) is 12.0. The summed E-state index contributed by atoms with van der Waals surface area (Å²) in [6.45, 7) is 0.304. The van der Waals surface area contributed by atoms with Crippen LogP contribution in [0.2, 0.25) is 0 Å². The number of hydrogen-bond donors (Lipinski definition) is 2. The molecular formula is C18H18FN3O3. The van der Waals surface area contributed by atoms with E-state index >= 15 is 0 Å².